The first-order chi connectivity index (χ1) is 10.2. The normalized spacial score (nSPS) is 18.5. The van der Waals surface area contributed by atoms with Gasteiger partial charge in [-0.05, 0) is 38.6 Å². The first-order valence-electron chi connectivity index (χ1n) is 7.28. The summed E-state index contributed by atoms with van der Waals surface area (Å²) in [5, 5.41) is 7.01. The Morgan fingerprint density at radius 2 is 2.38 bits per heavy atom. The molecule has 1 fully saturated rings. The van der Waals surface area contributed by atoms with Crippen LogP contribution in [-0.4, -0.2) is 48.5 Å². The van der Waals surface area contributed by atoms with E-state index in [2.05, 4.69) is 20.5 Å². The van der Waals surface area contributed by atoms with Crippen LogP contribution in [0.4, 0.5) is 5.13 Å². The average Bonchev–Trinajstić information content (AvgIpc) is 3.06. The van der Waals surface area contributed by atoms with Crippen molar-refractivity contribution < 1.29 is 4.79 Å². The van der Waals surface area contributed by atoms with Crippen molar-refractivity contribution in [3.05, 3.63) is 24.3 Å². The highest BCUT2D eigenvalue weighted by Gasteiger charge is 2.17. The molecule has 0 aliphatic carbocycles. The quantitative estimate of drug-likeness (QED) is 0.886. The largest absolute Gasteiger partial charge is 0.313 e. The molecule has 1 aromatic heterocycles. The van der Waals surface area contributed by atoms with Crippen molar-refractivity contribution in [1.29, 1.82) is 0 Å². The van der Waals surface area contributed by atoms with Crippen LogP contribution in [0.5, 0.6) is 0 Å². The predicted molar refractivity (Wildman–Crippen MR) is 86.8 cm³/mol. The number of para-hydroxylation sites is 1. The van der Waals surface area contributed by atoms with E-state index in [0.717, 1.165) is 23.3 Å². The first-order valence-corrected chi connectivity index (χ1v) is 8.10. The molecule has 1 amide bonds. The second kappa shape index (κ2) is 6.51. The topological polar surface area (TPSA) is 57.3 Å². The Morgan fingerprint density at radius 1 is 1.52 bits per heavy atom. The molecule has 1 unspecified atom stereocenters. The Morgan fingerprint density at radius 3 is 3.14 bits per heavy atom. The molecule has 21 heavy (non-hydrogen) atoms. The Bertz CT molecular complexity index is 588. The molecule has 112 valence electrons. The van der Waals surface area contributed by atoms with Crippen LogP contribution in [0, 0.1) is 0 Å². The lowest BCUT2D eigenvalue weighted by Crippen LogP contribution is -2.39. The van der Waals surface area contributed by atoms with Gasteiger partial charge in [-0.15, -0.1) is 0 Å². The van der Waals surface area contributed by atoms with E-state index >= 15 is 0 Å². The minimum Gasteiger partial charge on any atom is -0.313 e. The van der Waals surface area contributed by atoms with Gasteiger partial charge >= 0.3 is 0 Å². The summed E-state index contributed by atoms with van der Waals surface area (Å²) in [7, 11) is 1.98. The molecule has 1 aliphatic heterocycles. The van der Waals surface area contributed by atoms with Gasteiger partial charge in [-0.1, -0.05) is 23.5 Å². The molecule has 2 heterocycles. The lowest BCUT2D eigenvalue weighted by molar-refractivity contribution is -0.117. The first kappa shape index (κ1) is 14.4. The van der Waals surface area contributed by atoms with Crippen molar-refractivity contribution in [2.45, 2.75) is 18.9 Å². The monoisotopic (exact) mass is 304 g/mol. The van der Waals surface area contributed by atoms with Gasteiger partial charge in [-0.25, -0.2) is 4.98 Å². The molecule has 2 aromatic rings. The fraction of sp³-hybridized carbons (Fsp3) is 0.467. The summed E-state index contributed by atoms with van der Waals surface area (Å²) in [6, 6.07) is 8.43. The fourth-order valence-electron chi connectivity index (χ4n) is 2.68. The minimum absolute atomic E-state index is 0.00504. The Labute approximate surface area is 128 Å². The molecule has 1 saturated heterocycles. The van der Waals surface area contributed by atoms with E-state index in [4.69, 9.17) is 0 Å². The van der Waals surface area contributed by atoms with Crippen molar-refractivity contribution in [3.8, 4) is 0 Å². The van der Waals surface area contributed by atoms with Crippen molar-refractivity contribution in [2.75, 3.05) is 32.0 Å². The number of carbonyl (C=O) groups is 1. The Balaban J connectivity index is 1.53. The zero-order valence-electron chi connectivity index (χ0n) is 12.1. The van der Waals surface area contributed by atoms with Gasteiger partial charge in [0.05, 0.1) is 16.8 Å². The molecule has 5 nitrogen and oxygen atoms in total. The van der Waals surface area contributed by atoms with Crippen LogP contribution in [0.15, 0.2) is 24.3 Å². The fourth-order valence-corrected chi connectivity index (χ4v) is 3.56. The number of anilines is 1. The van der Waals surface area contributed by atoms with E-state index in [0.29, 0.717) is 17.7 Å². The van der Waals surface area contributed by atoms with Crippen LogP contribution in [0.2, 0.25) is 0 Å². The molecule has 3 rings (SSSR count). The van der Waals surface area contributed by atoms with Crippen molar-refractivity contribution in [3.63, 3.8) is 0 Å². The standard InChI is InChI=1S/C15H20N4OS/c1-19(9-11-5-4-8-16-11)10-14(20)18-15-17-12-6-2-3-7-13(12)21-15/h2-3,6-7,11,16H,4-5,8-10H2,1H3,(H,17,18,20). The second-order valence-corrected chi connectivity index (χ2v) is 6.56. The average molecular weight is 304 g/mol. The third-order valence-corrected chi connectivity index (χ3v) is 4.60. The maximum absolute atomic E-state index is 12.1. The number of thiazole rings is 1. The van der Waals surface area contributed by atoms with Gasteiger partial charge in [0, 0.05) is 12.6 Å². The van der Waals surface area contributed by atoms with Crippen LogP contribution < -0.4 is 10.6 Å². The van der Waals surface area contributed by atoms with E-state index < -0.39 is 0 Å². The van der Waals surface area contributed by atoms with Crippen LogP contribution in [0.3, 0.4) is 0 Å². The van der Waals surface area contributed by atoms with Crippen LogP contribution >= 0.6 is 11.3 Å². The number of nitrogens with one attached hydrogen (secondary N) is 2. The number of benzene rings is 1. The number of nitrogens with zero attached hydrogens (tertiary/aromatic N) is 2. The van der Waals surface area contributed by atoms with Gasteiger partial charge in [0.15, 0.2) is 5.13 Å². The highest BCUT2D eigenvalue weighted by molar-refractivity contribution is 7.22. The van der Waals surface area contributed by atoms with Crippen LogP contribution in [-0.2, 0) is 4.79 Å². The summed E-state index contributed by atoms with van der Waals surface area (Å²) in [5.41, 5.74) is 0.932. The second-order valence-electron chi connectivity index (χ2n) is 5.52. The molecule has 2 N–H and O–H groups in total. The lowest BCUT2D eigenvalue weighted by Gasteiger charge is -2.20. The van der Waals surface area contributed by atoms with E-state index in [1.54, 1.807) is 0 Å². The molecule has 0 radical (unpaired) electrons. The zero-order valence-corrected chi connectivity index (χ0v) is 12.9. The SMILES string of the molecule is CN(CC(=O)Nc1nc2ccccc2s1)CC1CCCN1. The summed E-state index contributed by atoms with van der Waals surface area (Å²) in [4.78, 5) is 18.5. The van der Waals surface area contributed by atoms with Crippen LogP contribution in [0.1, 0.15) is 12.8 Å². The predicted octanol–water partition coefficient (Wildman–Crippen LogP) is 1.92. The van der Waals surface area contributed by atoms with E-state index in [1.165, 1.54) is 24.2 Å². The van der Waals surface area contributed by atoms with Gasteiger partial charge in [0.2, 0.25) is 5.91 Å². The molecular formula is C15H20N4OS. The molecular weight excluding hydrogens is 284 g/mol. The maximum Gasteiger partial charge on any atom is 0.240 e. The summed E-state index contributed by atoms with van der Waals surface area (Å²) >= 11 is 1.51. The molecule has 1 atom stereocenters. The zero-order chi connectivity index (χ0) is 14.7. The van der Waals surface area contributed by atoms with Crippen molar-refractivity contribution in [2.24, 2.45) is 0 Å². The summed E-state index contributed by atoms with van der Waals surface area (Å²) in [6.07, 6.45) is 2.43. The van der Waals surface area contributed by atoms with Gasteiger partial charge in [-0.3, -0.25) is 9.69 Å². The molecule has 1 aliphatic rings. The number of likely N-dealkylation sites (N-methyl/N-ethyl adjacent to an activating group) is 1. The summed E-state index contributed by atoms with van der Waals surface area (Å²) in [5.74, 6) is -0.00504. The van der Waals surface area contributed by atoms with Gasteiger partial charge in [-0.2, -0.15) is 0 Å². The Kier molecular flexibility index (Phi) is 4.48. The number of carbonyl (C=O) groups excluding carboxylic acids is 1. The number of rotatable bonds is 5. The maximum atomic E-state index is 12.1. The highest BCUT2D eigenvalue weighted by atomic mass is 32.1. The molecule has 1 aromatic carbocycles. The summed E-state index contributed by atoms with van der Waals surface area (Å²) < 4.78 is 1.09. The van der Waals surface area contributed by atoms with Crippen molar-refractivity contribution >= 4 is 32.6 Å². The van der Waals surface area contributed by atoms with Gasteiger partial charge in [0.1, 0.15) is 0 Å². The molecule has 6 heteroatoms. The third-order valence-electron chi connectivity index (χ3n) is 3.65. The minimum atomic E-state index is -0.00504. The van der Waals surface area contributed by atoms with Crippen LogP contribution in [0.25, 0.3) is 10.2 Å². The summed E-state index contributed by atoms with van der Waals surface area (Å²) in [6.45, 7) is 2.40. The number of amides is 1. The number of fused-ring (bicyclic) bond motifs is 1. The highest BCUT2D eigenvalue weighted by Crippen LogP contribution is 2.25. The molecule has 0 bridgehead atoms. The van der Waals surface area contributed by atoms with Crippen molar-refractivity contribution in [1.82, 2.24) is 15.2 Å². The number of aromatic nitrogens is 1. The number of hydrogen-bond acceptors (Lipinski definition) is 5. The molecule has 0 saturated carbocycles. The lowest BCUT2D eigenvalue weighted by atomic mass is 10.2. The Hall–Kier alpha value is -1.50. The van der Waals surface area contributed by atoms with E-state index in [-0.39, 0.29) is 5.91 Å². The van der Waals surface area contributed by atoms with E-state index in [1.807, 2.05) is 31.3 Å². The smallest absolute Gasteiger partial charge is 0.240 e. The number of hydrogen-bond donors (Lipinski definition) is 2. The third kappa shape index (κ3) is 3.78. The van der Waals surface area contributed by atoms with Gasteiger partial charge < -0.3 is 10.6 Å². The van der Waals surface area contributed by atoms with Gasteiger partial charge in [0.25, 0.3) is 0 Å². The van der Waals surface area contributed by atoms with E-state index in [9.17, 15) is 4.79 Å². The molecule has 0 spiro atoms.